The lowest BCUT2D eigenvalue weighted by Crippen LogP contribution is -2.20. The van der Waals surface area contributed by atoms with Crippen molar-refractivity contribution in [3.8, 4) is 5.75 Å². The minimum Gasteiger partial charge on any atom is -0.505 e. The molecular formula is C12H15F2NO. The van der Waals surface area contributed by atoms with Gasteiger partial charge in [-0.1, -0.05) is 12.8 Å². The molecule has 1 fully saturated rings. The Labute approximate surface area is 93.1 Å². The molecule has 3 N–H and O–H groups in total. The van der Waals surface area contributed by atoms with Crippen molar-refractivity contribution in [3.05, 3.63) is 29.3 Å². The molecule has 0 saturated heterocycles. The number of halogens is 2. The number of rotatable bonds is 2. The molecule has 0 amide bonds. The van der Waals surface area contributed by atoms with Crippen molar-refractivity contribution in [1.29, 1.82) is 0 Å². The highest BCUT2D eigenvalue weighted by molar-refractivity contribution is 5.37. The lowest BCUT2D eigenvalue weighted by Gasteiger charge is -2.20. The van der Waals surface area contributed by atoms with E-state index in [1.165, 1.54) is 0 Å². The standard InChI is InChI=1S/C12H15F2NO/c13-8-5-6-9(14)12(16)10(8)11(15)7-3-1-2-4-7/h5-7,11,16H,1-4,15H2/t11-/m1/s1. The number of phenols is 1. The molecule has 1 aliphatic rings. The van der Waals surface area contributed by atoms with Gasteiger partial charge in [0.2, 0.25) is 0 Å². The number of aromatic hydroxyl groups is 1. The molecule has 2 rings (SSSR count). The van der Waals surface area contributed by atoms with Crippen LogP contribution in [0.1, 0.15) is 37.3 Å². The van der Waals surface area contributed by atoms with Crippen molar-refractivity contribution in [2.45, 2.75) is 31.7 Å². The Morgan fingerprint density at radius 3 is 2.38 bits per heavy atom. The first-order chi connectivity index (χ1) is 7.61. The fourth-order valence-electron chi connectivity index (χ4n) is 2.43. The van der Waals surface area contributed by atoms with Crippen molar-refractivity contribution in [2.75, 3.05) is 0 Å². The Morgan fingerprint density at radius 1 is 1.19 bits per heavy atom. The molecule has 0 spiro atoms. The van der Waals surface area contributed by atoms with E-state index in [2.05, 4.69) is 0 Å². The van der Waals surface area contributed by atoms with E-state index in [0.29, 0.717) is 0 Å². The van der Waals surface area contributed by atoms with Gasteiger partial charge in [0.25, 0.3) is 0 Å². The molecule has 0 heterocycles. The second-order valence-electron chi connectivity index (χ2n) is 4.36. The molecule has 1 aromatic carbocycles. The highest BCUT2D eigenvalue weighted by Crippen LogP contribution is 2.39. The summed E-state index contributed by atoms with van der Waals surface area (Å²) in [4.78, 5) is 0. The van der Waals surface area contributed by atoms with Crippen LogP contribution in [0.3, 0.4) is 0 Å². The predicted molar refractivity (Wildman–Crippen MR) is 56.9 cm³/mol. The number of benzene rings is 1. The van der Waals surface area contributed by atoms with Gasteiger partial charge in [-0.2, -0.15) is 0 Å². The van der Waals surface area contributed by atoms with Crippen molar-refractivity contribution in [3.63, 3.8) is 0 Å². The molecule has 1 atom stereocenters. The van der Waals surface area contributed by atoms with Crippen LogP contribution in [-0.2, 0) is 0 Å². The van der Waals surface area contributed by atoms with Gasteiger partial charge in [-0.3, -0.25) is 0 Å². The summed E-state index contributed by atoms with van der Waals surface area (Å²) in [6.45, 7) is 0. The molecule has 88 valence electrons. The van der Waals surface area contributed by atoms with E-state index in [-0.39, 0.29) is 11.5 Å². The Bertz CT molecular complexity index is 389. The molecule has 1 saturated carbocycles. The van der Waals surface area contributed by atoms with Crippen LogP contribution in [0.15, 0.2) is 12.1 Å². The number of hydrogen-bond acceptors (Lipinski definition) is 2. The van der Waals surface area contributed by atoms with Crippen LogP contribution >= 0.6 is 0 Å². The van der Waals surface area contributed by atoms with Gasteiger partial charge in [-0.05, 0) is 30.9 Å². The quantitative estimate of drug-likeness (QED) is 0.816. The topological polar surface area (TPSA) is 46.2 Å². The largest absolute Gasteiger partial charge is 0.505 e. The molecule has 0 bridgehead atoms. The van der Waals surface area contributed by atoms with E-state index in [0.717, 1.165) is 37.8 Å². The van der Waals surface area contributed by atoms with Crippen LogP contribution in [-0.4, -0.2) is 5.11 Å². The summed E-state index contributed by atoms with van der Waals surface area (Å²) in [6, 6.07) is 1.31. The van der Waals surface area contributed by atoms with E-state index < -0.39 is 23.4 Å². The molecule has 1 aliphatic carbocycles. The summed E-state index contributed by atoms with van der Waals surface area (Å²) in [5.41, 5.74) is 5.83. The third-order valence-electron chi connectivity index (χ3n) is 3.36. The van der Waals surface area contributed by atoms with Gasteiger partial charge in [0, 0.05) is 11.6 Å². The van der Waals surface area contributed by atoms with Gasteiger partial charge < -0.3 is 10.8 Å². The first-order valence-corrected chi connectivity index (χ1v) is 5.53. The van der Waals surface area contributed by atoms with Crippen LogP contribution in [0.25, 0.3) is 0 Å². The van der Waals surface area contributed by atoms with Crippen LogP contribution in [0.5, 0.6) is 5.75 Å². The van der Waals surface area contributed by atoms with Gasteiger partial charge in [-0.15, -0.1) is 0 Å². The summed E-state index contributed by atoms with van der Waals surface area (Å²) in [5.74, 6) is -1.94. The molecule has 0 aromatic heterocycles. The smallest absolute Gasteiger partial charge is 0.165 e. The lowest BCUT2D eigenvalue weighted by atomic mass is 9.91. The molecular weight excluding hydrogens is 212 g/mol. The summed E-state index contributed by atoms with van der Waals surface area (Å²) >= 11 is 0. The minimum absolute atomic E-state index is 0.0769. The van der Waals surface area contributed by atoms with Crippen LogP contribution in [0.4, 0.5) is 8.78 Å². The Kier molecular flexibility index (Phi) is 3.10. The second kappa shape index (κ2) is 4.37. The number of phenolic OH excluding ortho intramolecular Hbond substituents is 1. The Hall–Kier alpha value is -1.16. The summed E-state index contributed by atoms with van der Waals surface area (Å²) in [5, 5.41) is 9.51. The first kappa shape index (κ1) is 11.3. The first-order valence-electron chi connectivity index (χ1n) is 5.53. The summed E-state index contributed by atoms with van der Waals surface area (Å²) in [7, 11) is 0. The van der Waals surface area contributed by atoms with Crippen molar-refractivity contribution in [2.24, 2.45) is 11.7 Å². The number of nitrogens with two attached hydrogens (primary N) is 1. The van der Waals surface area contributed by atoms with E-state index in [4.69, 9.17) is 5.73 Å². The predicted octanol–water partition coefficient (Wildman–Crippen LogP) is 2.86. The van der Waals surface area contributed by atoms with Gasteiger partial charge in [0.05, 0.1) is 0 Å². The SMILES string of the molecule is N[C@@H](c1c(F)ccc(F)c1O)C1CCCC1. The normalized spacial score (nSPS) is 18.9. The maximum Gasteiger partial charge on any atom is 0.165 e. The minimum atomic E-state index is -0.815. The Morgan fingerprint density at radius 2 is 1.75 bits per heavy atom. The van der Waals surface area contributed by atoms with E-state index in [9.17, 15) is 13.9 Å². The maximum absolute atomic E-state index is 13.5. The maximum atomic E-state index is 13.5. The fraction of sp³-hybridized carbons (Fsp3) is 0.500. The van der Waals surface area contributed by atoms with Gasteiger partial charge >= 0.3 is 0 Å². The molecule has 0 radical (unpaired) electrons. The summed E-state index contributed by atoms with van der Waals surface area (Å²) < 4.78 is 26.7. The van der Waals surface area contributed by atoms with Gasteiger partial charge in [0.15, 0.2) is 11.6 Å². The molecule has 0 unspecified atom stereocenters. The van der Waals surface area contributed by atoms with Crippen LogP contribution < -0.4 is 5.73 Å². The zero-order chi connectivity index (χ0) is 11.7. The van der Waals surface area contributed by atoms with E-state index in [1.807, 2.05) is 0 Å². The molecule has 2 nitrogen and oxygen atoms in total. The molecule has 16 heavy (non-hydrogen) atoms. The average molecular weight is 227 g/mol. The Balaban J connectivity index is 2.34. The van der Waals surface area contributed by atoms with Gasteiger partial charge in [0.1, 0.15) is 5.82 Å². The van der Waals surface area contributed by atoms with E-state index >= 15 is 0 Å². The zero-order valence-electron chi connectivity index (χ0n) is 8.92. The monoisotopic (exact) mass is 227 g/mol. The van der Waals surface area contributed by atoms with Gasteiger partial charge in [-0.25, -0.2) is 8.78 Å². The molecule has 0 aliphatic heterocycles. The zero-order valence-corrected chi connectivity index (χ0v) is 8.92. The lowest BCUT2D eigenvalue weighted by molar-refractivity contribution is 0.377. The summed E-state index contributed by atoms with van der Waals surface area (Å²) in [6.07, 6.45) is 3.96. The molecule has 4 heteroatoms. The third-order valence-corrected chi connectivity index (χ3v) is 3.36. The van der Waals surface area contributed by atoms with E-state index in [1.54, 1.807) is 0 Å². The highest BCUT2D eigenvalue weighted by atomic mass is 19.1. The number of hydrogen-bond donors (Lipinski definition) is 2. The van der Waals surface area contributed by atoms with Crippen molar-refractivity contribution in [1.82, 2.24) is 0 Å². The average Bonchev–Trinajstić information content (AvgIpc) is 2.77. The fourth-order valence-corrected chi connectivity index (χ4v) is 2.43. The van der Waals surface area contributed by atoms with Crippen LogP contribution in [0, 0.1) is 17.6 Å². The highest BCUT2D eigenvalue weighted by Gasteiger charge is 2.28. The van der Waals surface area contributed by atoms with Crippen molar-refractivity contribution < 1.29 is 13.9 Å². The van der Waals surface area contributed by atoms with Crippen molar-refractivity contribution >= 4 is 0 Å². The second-order valence-corrected chi connectivity index (χ2v) is 4.36. The van der Waals surface area contributed by atoms with Crippen LogP contribution in [0.2, 0.25) is 0 Å². The molecule has 1 aromatic rings. The third kappa shape index (κ3) is 1.89.